The van der Waals surface area contributed by atoms with Crippen molar-refractivity contribution in [2.24, 2.45) is 7.05 Å². The van der Waals surface area contributed by atoms with Crippen molar-refractivity contribution in [2.45, 2.75) is 32.2 Å². The van der Waals surface area contributed by atoms with Crippen LogP contribution in [0.1, 0.15) is 35.8 Å². The Bertz CT molecular complexity index is 817. The fourth-order valence-electron chi connectivity index (χ4n) is 2.82. The number of carbonyl (C=O) groups is 3. The SMILES string of the molecule is CCOC(=O)c1cc(NC(=O)NC(CCC(=O)O)Cc2ccccc2)cn1C. The van der Waals surface area contributed by atoms with Crippen LogP contribution in [0.25, 0.3) is 0 Å². The van der Waals surface area contributed by atoms with E-state index in [1.165, 1.54) is 6.07 Å². The number of amides is 2. The zero-order valence-electron chi connectivity index (χ0n) is 16.0. The molecular formula is C20H25N3O5. The molecule has 0 bridgehead atoms. The summed E-state index contributed by atoms with van der Waals surface area (Å²) in [6.07, 6.45) is 2.39. The van der Waals surface area contributed by atoms with Crippen molar-refractivity contribution in [1.29, 1.82) is 0 Å². The van der Waals surface area contributed by atoms with Gasteiger partial charge in [0.2, 0.25) is 0 Å². The maximum Gasteiger partial charge on any atom is 0.355 e. The highest BCUT2D eigenvalue weighted by Crippen LogP contribution is 2.14. The van der Waals surface area contributed by atoms with E-state index >= 15 is 0 Å². The van der Waals surface area contributed by atoms with E-state index in [1.54, 1.807) is 24.7 Å². The van der Waals surface area contributed by atoms with Gasteiger partial charge in [0.05, 0.1) is 12.3 Å². The predicted octanol–water partition coefficient (Wildman–Crippen LogP) is 2.80. The molecule has 2 amide bonds. The number of hydrogen-bond acceptors (Lipinski definition) is 4. The highest BCUT2D eigenvalue weighted by molar-refractivity contribution is 5.93. The first kappa shape index (κ1) is 21.0. The Kier molecular flexibility index (Phi) is 7.62. The second-order valence-electron chi connectivity index (χ2n) is 6.36. The fraction of sp³-hybridized carbons (Fsp3) is 0.350. The minimum Gasteiger partial charge on any atom is -0.481 e. The van der Waals surface area contributed by atoms with Gasteiger partial charge in [0.15, 0.2) is 0 Å². The molecule has 2 aromatic rings. The molecule has 1 unspecified atom stereocenters. The lowest BCUT2D eigenvalue weighted by atomic mass is 10.0. The Morgan fingerprint density at radius 2 is 1.93 bits per heavy atom. The average molecular weight is 387 g/mol. The Labute approximate surface area is 163 Å². The molecule has 8 heteroatoms. The van der Waals surface area contributed by atoms with E-state index in [-0.39, 0.29) is 19.1 Å². The second-order valence-corrected chi connectivity index (χ2v) is 6.36. The quantitative estimate of drug-likeness (QED) is 0.573. The first-order valence-corrected chi connectivity index (χ1v) is 9.05. The molecule has 1 heterocycles. The highest BCUT2D eigenvalue weighted by atomic mass is 16.5. The van der Waals surface area contributed by atoms with Crippen LogP contribution in [-0.4, -0.2) is 40.3 Å². The lowest BCUT2D eigenvalue weighted by molar-refractivity contribution is -0.137. The number of aryl methyl sites for hydroxylation is 1. The highest BCUT2D eigenvalue weighted by Gasteiger charge is 2.17. The number of hydrogen-bond donors (Lipinski definition) is 3. The standard InChI is InChI=1S/C20H25N3O5/c1-3-28-19(26)17-12-16(13-23(17)2)22-20(27)21-15(9-10-18(24)25)11-14-7-5-4-6-8-14/h4-8,12-13,15H,3,9-11H2,1-2H3,(H,24,25)(H2,21,22,27). The van der Waals surface area contributed by atoms with Gasteiger partial charge < -0.3 is 25.0 Å². The maximum atomic E-state index is 12.4. The number of nitrogens with zero attached hydrogens (tertiary/aromatic N) is 1. The van der Waals surface area contributed by atoms with E-state index in [1.807, 2.05) is 30.3 Å². The number of carboxylic acids is 1. The second kappa shape index (κ2) is 10.1. The molecule has 8 nitrogen and oxygen atoms in total. The molecule has 0 spiro atoms. The molecule has 28 heavy (non-hydrogen) atoms. The molecule has 0 aliphatic heterocycles. The van der Waals surface area contributed by atoms with Gasteiger partial charge in [0, 0.05) is 25.7 Å². The molecule has 3 N–H and O–H groups in total. The number of ether oxygens (including phenoxy) is 1. The Morgan fingerprint density at radius 1 is 1.21 bits per heavy atom. The van der Waals surface area contributed by atoms with Gasteiger partial charge in [-0.25, -0.2) is 9.59 Å². The zero-order valence-corrected chi connectivity index (χ0v) is 16.0. The summed E-state index contributed by atoms with van der Waals surface area (Å²) in [6, 6.07) is 10.3. The molecule has 0 aliphatic rings. The van der Waals surface area contributed by atoms with Crippen molar-refractivity contribution in [2.75, 3.05) is 11.9 Å². The normalized spacial score (nSPS) is 11.5. The Hall–Kier alpha value is -3.29. The van der Waals surface area contributed by atoms with Gasteiger partial charge in [-0.15, -0.1) is 0 Å². The van der Waals surface area contributed by atoms with Crippen LogP contribution < -0.4 is 10.6 Å². The van der Waals surface area contributed by atoms with Gasteiger partial charge in [-0.1, -0.05) is 30.3 Å². The van der Waals surface area contributed by atoms with Gasteiger partial charge in [0.25, 0.3) is 0 Å². The number of nitrogens with one attached hydrogen (secondary N) is 2. The number of urea groups is 1. The third-order valence-electron chi connectivity index (χ3n) is 4.11. The van der Waals surface area contributed by atoms with Crippen LogP contribution in [0.15, 0.2) is 42.6 Å². The van der Waals surface area contributed by atoms with Gasteiger partial charge in [-0.3, -0.25) is 4.79 Å². The zero-order chi connectivity index (χ0) is 20.5. The third-order valence-corrected chi connectivity index (χ3v) is 4.11. The molecular weight excluding hydrogens is 362 g/mol. The van der Waals surface area contributed by atoms with E-state index < -0.39 is 18.0 Å². The number of anilines is 1. The fourth-order valence-corrected chi connectivity index (χ4v) is 2.82. The minimum absolute atomic E-state index is 0.0455. The lowest BCUT2D eigenvalue weighted by Gasteiger charge is -2.18. The summed E-state index contributed by atoms with van der Waals surface area (Å²) in [4.78, 5) is 35.2. The number of aromatic nitrogens is 1. The Morgan fingerprint density at radius 3 is 2.57 bits per heavy atom. The molecule has 0 saturated heterocycles. The molecule has 1 aromatic heterocycles. The van der Waals surface area contributed by atoms with Crippen LogP contribution in [0.2, 0.25) is 0 Å². The summed E-state index contributed by atoms with van der Waals surface area (Å²) in [5, 5.41) is 14.4. The summed E-state index contributed by atoms with van der Waals surface area (Å²) in [5.74, 6) is -1.38. The van der Waals surface area contributed by atoms with Crippen LogP contribution in [-0.2, 0) is 23.0 Å². The van der Waals surface area contributed by atoms with Crippen LogP contribution in [0, 0.1) is 0 Å². The predicted molar refractivity (Wildman–Crippen MR) is 104 cm³/mol. The summed E-state index contributed by atoms with van der Waals surface area (Å²) >= 11 is 0. The monoisotopic (exact) mass is 387 g/mol. The van der Waals surface area contributed by atoms with E-state index in [9.17, 15) is 14.4 Å². The summed E-state index contributed by atoms with van der Waals surface area (Å²) in [5.41, 5.74) is 1.77. The van der Waals surface area contributed by atoms with Crippen molar-refractivity contribution >= 4 is 23.7 Å². The van der Waals surface area contributed by atoms with Crippen LogP contribution >= 0.6 is 0 Å². The first-order valence-electron chi connectivity index (χ1n) is 9.05. The lowest BCUT2D eigenvalue weighted by Crippen LogP contribution is -2.39. The molecule has 2 rings (SSSR count). The molecule has 0 radical (unpaired) electrons. The summed E-state index contributed by atoms with van der Waals surface area (Å²) in [6.45, 7) is 1.98. The topological polar surface area (TPSA) is 110 Å². The van der Waals surface area contributed by atoms with Crippen molar-refractivity contribution < 1.29 is 24.2 Å². The van der Waals surface area contributed by atoms with Crippen molar-refractivity contribution in [3.05, 3.63) is 53.9 Å². The van der Waals surface area contributed by atoms with Gasteiger partial charge >= 0.3 is 18.0 Å². The molecule has 1 aromatic carbocycles. The van der Waals surface area contributed by atoms with E-state index in [4.69, 9.17) is 9.84 Å². The van der Waals surface area contributed by atoms with Gasteiger partial charge in [-0.05, 0) is 31.4 Å². The summed E-state index contributed by atoms with van der Waals surface area (Å²) in [7, 11) is 1.68. The van der Waals surface area contributed by atoms with Crippen LogP contribution in [0.3, 0.4) is 0 Å². The maximum absolute atomic E-state index is 12.4. The molecule has 0 fully saturated rings. The third kappa shape index (κ3) is 6.46. The number of benzene rings is 1. The number of carboxylic acid groups (broad SMARTS) is 1. The largest absolute Gasteiger partial charge is 0.481 e. The van der Waals surface area contributed by atoms with Gasteiger partial charge in [0.1, 0.15) is 5.69 Å². The number of aliphatic carboxylic acids is 1. The minimum atomic E-state index is -0.914. The average Bonchev–Trinajstić information content (AvgIpc) is 3.00. The van der Waals surface area contributed by atoms with Gasteiger partial charge in [-0.2, -0.15) is 0 Å². The van der Waals surface area contributed by atoms with Crippen LogP contribution in [0.5, 0.6) is 0 Å². The summed E-state index contributed by atoms with van der Waals surface area (Å²) < 4.78 is 6.54. The molecule has 150 valence electrons. The van der Waals surface area contributed by atoms with E-state index in [0.29, 0.717) is 24.2 Å². The smallest absolute Gasteiger partial charge is 0.355 e. The molecule has 0 aliphatic carbocycles. The van der Waals surface area contributed by atoms with Crippen molar-refractivity contribution in [1.82, 2.24) is 9.88 Å². The number of esters is 1. The molecule has 0 saturated carbocycles. The van der Waals surface area contributed by atoms with Crippen molar-refractivity contribution in [3.8, 4) is 0 Å². The number of rotatable bonds is 9. The first-order chi connectivity index (χ1) is 13.4. The van der Waals surface area contributed by atoms with E-state index in [2.05, 4.69) is 10.6 Å². The van der Waals surface area contributed by atoms with E-state index in [0.717, 1.165) is 5.56 Å². The number of carbonyl (C=O) groups excluding carboxylic acids is 2. The van der Waals surface area contributed by atoms with Crippen molar-refractivity contribution in [3.63, 3.8) is 0 Å². The van der Waals surface area contributed by atoms with Crippen LogP contribution in [0.4, 0.5) is 10.5 Å². The molecule has 1 atom stereocenters. The Balaban J connectivity index is 2.01.